The van der Waals surface area contributed by atoms with Crippen LogP contribution in [0.2, 0.25) is 0 Å². The number of nitrogens with one attached hydrogen (secondary N) is 1. The lowest BCUT2D eigenvalue weighted by atomic mass is 10.3. The van der Waals surface area contributed by atoms with Gasteiger partial charge in [0.05, 0.1) is 13.2 Å². The maximum absolute atomic E-state index is 5.67. The van der Waals surface area contributed by atoms with Crippen molar-refractivity contribution in [1.29, 1.82) is 0 Å². The second kappa shape index (κ2) is 12.6. The van der Waals surface area contributed by atoms with Crippen molar-refractivity contribution < 1.29 is 9.47 Å². The molecule has 0 fully saturated rings. The molecule has 2 aromatic carbocycles. The van der Waals surface area contributed by atoms with Crippen molar-refractivity contribution >= 4 is 44.3 Å². The molecule has 0 amide bonds. The Balaban J connectivity index is 0.00000288. The Hall–Kier alpha value is -0.750. The lowest BCUT2D eigenvalue weighted by molar-refractivity contribution is 0.298. The first-order chi connectivity index (χ1) is 11.2. The van der Waals surface area contributed by atoms with E-state index in [1.54, 1.807) is 0 Å². The molecule has 132 valence electrons. The zero-order valence-electron chi connectivity index (χ0n) is 13.3. The molecule has 0 saturated heterocycles. The third-order valence-corrected chi connectivity index (χ3v) is 4.22. The summed E-state index contributed by atoms with van der Waals surface area (Å²) in [6.45, 7) is 3.36. The summed E-state index contributed by atoms with van der Waals surface area (Å²) in [7, 11) is 0. The van der Waals surface area contributed by atoms with Gasteiger partial charge in [0, 0.05) is 8.95 Å². The van der Waals surface area contributed by atoms with E-state index < -0.39 is 0 Å². The minimum Gasteiger partial charge on any atom is -0.494 e. The normalized spacial score (nSPS) is 10.1. The van der Waals surface area contributed by atoms with Gasteiger partial charge in [0.15, 0.2) is 0 Å². The van der Waals surface area contributed by atoms with Crippen molar-refractivity contribution in [3.05, 3.63) is 57.5 Å². The van der Waals surface area contributed by atoms with Crippen LogP contribution in [0.1, 0.15) is 12.8 Å². The van der Waals surface area contributed by atoms with Crippen molar-refractivity contribution in [3.8, 4) is 11.5 Å². The molecule has 0 atom stereocenters. The smallest absolute Gasteiger partial charge is 0.119 e. The summed E-state index contributed by atoms with van der Waals surface area (Å²) in [5, 5.41) is 3.40. The van der Waals surface area contributed by atoms with Gasteiger partial charge in [-0.2, -0.15) is 0 Å². The van der Waals surface area contributed by atoms with E-state index in [1.807, 2.05) is 48.5 Å². The molecular weight excluding hydrogens is 457 g/mol. The van der Waals surface area contributed by atoms with Crippen LogP contribution in [0.3, 0.4) is 0 Å². The molecule has 0 aromatic heterocycles. The fraction of sp³-hybridized carbons (Fsp3) is 0.333. The van der Waals surface area contributed by atoms with Gasteiger partial charge < -0.3 is 14.8 Å². The van der Waals surface area contributed by atoms with E-state index in [4.69, 9.17) is 9.47 Å². The van der Waals surface area contributed by atoms with E-state index in [9.17, 15) is 0 Å². The van der Waals surface area contributed by atoms with Crippen molar-refractivity contribution in [1.82, 2.24) is 5.32 Å². The Kier molecular flexibility index (Phi) is 11.2. The predicted octanol–water partition coefficient (Wildman–Crippen LogP) is 5.46. The van der Waals surface area contributed by atoms with E-state index in [-0.39, 0.29) is 12.4 Å². The number of rotatable bonds is 10. The third kappa shape index (κ3) is 8.92. The molecule has 0 aliphatic heterocycles. The molecule has 3 nitrogen and oxygen atoms in total. The third-order valence-electron chi connectivity index (χ3n) is 3.16. The highest BCUT2D eigenvalue weighted by atomic mass is 79.9. The van der Waals surface area contributed by atoms with Gasteiger partial charge in [-0.3, -0.25) is 0 Å². The van der Waals surface area contributed by atoms with Crippen LogP contribution in [0.15, 0.2) is 57.5 Å². The summed E-state index contributed by atoms with van der Waals surface area (Å²) >= 11 is 6.82. The summed E-state index contributed by atoms with van der Waals surface area (Å²) in [4.78, 5) is 0. The Bertz CT molecular complexity index is 513. The first-order valence-corrected chi connectivity index (χ1v) is 9.30. The van der Waals surface area contributed by atoms with E-state index in [1.165, 1.54) is 0 Å². The molecule has 0 saturated carbocycles. The van der Waals surface area contributed by atoms with Crippen molar-refractivity contribution in [3.63, 3.8) is 0 Å². The van der Waals surface area contributed by atoms with Crippen LogP contribution in [0.5, 0.6) is 11.5 Å². The molecule has 0 aliphatic rings. The van der Waals surface area contributed by atoms with Crippen LogP contribution in [0.25, 0.3) is 0 Å². The number of hydrogen-bond donors (Lipinski definition) is 1. The highest BCUT2D eigenvalue weighted by Gasteiger charge is 1.96. The van der Waals surface area contributed by atoms with Gasteiger partial charge in [0.2, 0.25) is 0 Å². The topological polar surface area (TPSA) is 30.5 Å². The molecule has 2 rings (SSSR count). The molecule has 24 heavy (non-hydrogen) atoms. The Labute approximate surface area is 166 Å². The summed E-state index contributed by atoms with van der Waals surface area (Å²) in [5.74, 6) is 1.83. The lowest BCUT2D eigenvalue weighted by Gasteiger charge is -2.08. The number of hydrogen-bond acceptors (Lipinski definition) is 3. The molecule has 0 spiro atoms. The maximum atomic E-state index is 5.67. The van der Waals surface area contributed by atoms with Crippen molar-refractivity contribution in [2.45, 2.75) is 12.8 Å². The first kappa shape index (κ1) is 21.3. The average Bonchev–Trinajstić information content (AvgIpc) is 2.56. The van der Waals surface area contributed by atoms with Crippen molar-refractivity contribution in [2.75, 3.05) is 26.3 Å². The number of halogens is 3. The lowest BCUT2D eigenvalue weighted by Crippen LogP contribution is -2.20. The number of benzene rings is 2. The zero-order valence-corrected chi connectivity index (χ0v) is 17.3. The van der Waals surface area contributed by atoms with Gasteiger partial charge in [-0.25, -0.2) is 0 Å². The molecular formula is C18H22Br2ClNO2. The van der Waals surface area contributed by atoms with Gasteiger partial charge in [-0.1, -0.05) is 31.9 Å². The fourth-order valence-corrected chi connectivity index (χ4v) is 2.49. The molecule has 1 N–H and O–H groups in total. The summed E-state index contributed by atoms with van der Waals surface area (Å²) in [6.07, 6.45) is 1.98. The first-order valence-electron chi connectivity index (χ1n) is 7.71. The van der Waals surface area contributed by atoms with Crippen molar-refractivity contribution in [2.24, 2.45) is 0 Å². The standard InChI is InChI=1S/C18H21Br2NO2.ClH/c19-15-3-7-17(8-4-15)22-13-1-11-21-12-2-14-23-18-9-5-16(20)6-10-18;/h3-10,21H,1-2,11-14H2;1H. The van der Waals surface area contributed by atoms with Crippen LogP contribution in [0.4, 0.5) is 0 Å². The molecule has 0 bridgehead atoms. The summed E-state index contributed by atoms with van der Waals surface area (Å²) < 4.78 is 13.5. The molecule has 0 heterocycles. The monoisotopic (exact) mass is 477 g/mol. The molecule has 0 radical (unpaired) electrons. The summed E-state index contributed by atoms with van der Waals surface area (Å²) in [6, 6.07) is 15.8. The van der Waals surface area contributed by atoms with Crippen LogP contribution >= 0.6 is 44.3 Å². The highest BCUT2D eigenvalue weighted by molar-refractivity contribution is 9.10. The van der Waals surface area contributed by atoms with Gasteiger partial charge in [0.1, 0.15) is 11.5 Å². The van der Waals surface area contributed by atoms with E-state index in [0.717, 1.165) is 59.6 Å². The van der Waals surface area contributed by atoms with Gasteiger partial charge in [0.25, 0.3) is 0 Å². The molecule has 2 aromatic rings. The molecule has 0 unspecified atom stereocenters. The predicted molar refractivity (Wildman–Crippen MR) is 109 cm³/mol. The Morgan fingerprint density at radius 3 is 1.42 bits per heavy atom. The minimum absolute atomic E-state index is 0. The molecule has 0 aliphatic carbocycles. The minimum atomic E-state index is 0. The van der Waals surface area contributed by atoms with Crippen LogP contribution in [-0.4, -0.2) is 26.3 Å². The quantitative estimate of drug-likeness (QED) is 0.459. The largest absolute Gasteiger partial charge is 0.494 e. The average molecular weight is 480 g/mol. The maximum Gasteiger partial charge on any atom is 0.119 e. The SMILES string of the molecule is Brc1ccc(OCCCNCCCOc2ccc(Br)cc2)cc1.Cl. The second-order valence-electron chi connectivity index (χ2n) is 5.06. The Morgan fingerprint density at radius 1 is 0.667 bits per heavy atom. The second-order valence-corrected chi connectivity index (χ2v) is 6.89. The van der Waals surface area contributed by atoms with E-state index >= 15 is 0 Å². The van der Waals surface area contributed by atoms with Crippen LogP contribution in [0, 0.1) is 0 Å². The van der Waals surface area contributed by atoms with E-state index in [0.29, 0.717) is 0 Å². The Morgan fingerprint density at radius 2 is 1.04 bits per heavy atom. The van der Waals surface area contributed by atoms with Gasteiger partial charge in [-0.05, 0) is 74.5 Å². The fourth-order valence-electron chi connectivity index (χ4n) is 1.96. The van der Waals surface area contributed by atoms with Crippen LogP contribution < -0.4 is 14.8 Å². The highest BCUT2D eigenvalue weighted by Crippen LogP contribution is 2.16. The van der Waals surface area contributed by atoms with Gasteiger partial charge in [-0.15, -0.1) is 12.4 Å². The van der Waals surface area contributed by atoms with Gasteiger partial charge >= 0.3 is 0 Å². The zero-order chi connectivity index (χ0) is 16.3. The molecule has 6 heteroatoms. The number of ether oxygens (including phenoxy) is 2. The van der Waals surface area contributed by atoms with Crippen LogP contribution in [-0.2, 0) is 0 Å². The van der Waals surface area contributed by atoms with E-state index in [2.05, 4.69) is 37.2 Å². The summed E-state index contributed by atoms with van der Waals surface area (Å²) in [5.41, 5.74) is 0.